The van der Waals surface area contributed by atoms with E-state index in [1.807, 2.05) is 37.3 Å². The minimum absolute atomic E-state index is 0. The van der Waals surface area contributed by atoms with Crippen LogP contribution >= 0.6 is 0 Å². The van der Waals surface area contributed by atoms with Crippen molar-refractivity contribution in [1.29, 1.82) is 0 Å². The molecule has 2 nitrogen and oxygen atoms in total. The first-order chi connectivity index (χ1) is 5.70. The second-order valence-electron chi connectivity index (χ2n) is 2.73. The Morgan fingerprint density at radius 2 is 1.85 bits per heavy atom. The Balaban J connectivity index is 0.00000144. The third-order valence-corrected chi connectivity index (χ3v) is 1.66. The molecule has 0 aliphatic heterocycles. The molecule has 1 atom stereocenters. The van der Waals surface area contributed by atoms with Gasteiger partial charge in [-0.2, -0.15) is 0 Å². The van der Waals surface area contributed by atoms with Crippen molar-refractivity contribution in [3.63, 3.8) is 0 Å². The predicted octanol–water partition coefficient (Wildman–Crippen LogP) is 2.67. The summed E-state index contributed by atoms with van der Waals surface area (Å²) in [6.07, 6.45) is 0. The average molecular weight is 251 g/mol. The molecule has 1 aromatic rings. The summed E-state index contributed by atoms with van der Waals surface area (Å²) in [5.74, 6) is -0.119. The van der Waals surface area contributed by atoms with Gasteiger partial charge in [-0.05, 0) is 6.92 Å². The molecule has 0 saturated carbocycles. The smallest absolute Gasteiger partial charge is 0.0484 e. The van der Waals surface area contributed by atoms with Crippen molar-refractivity contribution in [2.24, 2.45) is 0 Å². The molecular weight excluding hydrogens is 239 g/mol. The van der Waals surface area contributed by atoms with Crippen molar-refractivity contribution in [3.05, 3.63) is 41.2 Å². The van der Waals surface area contributed by atoms with Crippen molar-refractivity contribution < 1.29 is 37.5 Å². The fourth-order valence-corrected chi connectivity index (χ4v) is 1.08. The van der Waals surface area contributed by atoms with Gasteiger partial charge in [0, 0.05) is 38.6 Å². The topological polar surface area (TPSA) is 31.2 Å². The number of carbonyl (C=O) groups excluding carboxylic acids is 1. The summed E-state index contributed by atoms with van der Waals surface area (Å²) in [5, 5.41) is 3.91. The molecule has 0 saturated heterocycles. The second-order valence-corrected chi connectivity index (χ2v) is 2.73. The maximum Gasteiger partial charge on any atom is 0.0484 e. The SMILES string of the molecule is CC(=O)[N-]C(C)c1ccccc1.[Y]. The zero-order valence-electron chi connectivity index (χ0n) is 7.90. The van der Waals surface area contributed by atoms with Crippen LogP contribution in [0.5, 0.6) is 0 Å². The second kappa shape index (κ2) is 6.28. The van der Waals surface area contributed by atoms with E-state index in [4.69, 9.17) is 0 Å². The van der Waals surface area contributed by atoms with Crippen molar-refractivity contribution >= 4 is 5.91 Å². The Kier molecular flexibility index (Phi) is 6.18. The molecule has 1 unspecified atom stereocenters. The summed E-state index contributed by atoms with van der Waals surface area (Å²) in [6, 6.07) is 9.75. The first-order valence-electron chi connectivity index (χ1n) is 3.96. The molecule has 1 radical (unpaired) electrons. The largest absolute Gasteiger partial charge is 0.648 e. The monoisotopic (exact) mass is 251 g/mol. The van der Waals surface area contributed by atoms with E-state index in [-0.39, 0.29) is 44.7 Å². The van der Waals surface area contributed by atoms with Gasteiger partial charge in [0.1, 0.15) is 0 Å². The van der Waals surface area contributed by atoms with Gasteiger partial charge in [-0.15, -0.1) is 0 Å². The molecule has 3 heteroatoms. The van der Waals surface area contributed by atoms with Crippen LogP contribution in [0, 0.1) is 0 Å². The molecule has 0 aliphatic rings. The predicted molar refractivity (Wildman–Crippen MR) is 48.9 cm³/mol. The van der Waals surface area contributed by atoms with Crippen LogP contribution in [0.1, 0.15) is 25.5 Å². The van der Waals surface area contributed by atoms with Gasteiger partial charge < -0.3 is 10.1 Å². The normalized spacial score (nSPS) is 11.2. The van der Waals surface area contributed by atoms with Crippen LogP contribution < -0.4 is 0 Å². The average Bonchev–Trinajstić information content (AvgIpc) is 2.05. The van der Waals surface area contributed by atoms with E-state index in [2.05, 4.69) is 5.32 Å². The van der Waals surface area contributed by atoms with Gasteiger partial charge >= 0.3 is 0 Å². The van der Waals surface area contributed by atoms with Crippen LogP contribution in [0.3, 0.4) is 0 Å². The van der Waals surface area contributed by atoms with Crippen LogP contribution in [-0.4, -0.2) is 5.91 Å². The molecule has 67 valence electrons. The van der Waals surface area contributed by atoms with E-state index in [1.165, 1.54) is 6.92 Å². The van der Waals surface area contributed by atoms with Crippen LogP contribution in [0.15, 0.2) is 30.3 Å². The molecule has 0 spiro atoms. The van der Waals surface area contributed by atoms with E-state index in [0.717, 1.165) is 5.56 Å². The number of rotatable bonds is 2. The zero-order valence-corrected chi connectivity index (χ0v) is 10.7. The first-order valence-corrected chi connectivity index (χ1v) is 3.96. The van der Waals surface area contributed by atoms with E-state index >= 15 is 0 Å². The Hall–Kier alpha value is -0.206. The first kappa shape index (κ1) is 12.8. The fraction of sp³-hybridized carbons (Fsp3) is 0.300. The van der Waals surface area contributed by atoms with Crippen LogP contribution in [0.25, 0.3) is 5.32 Å². The molecule has 0 bridgehead atoms. The molecule has 1 amide bonds. The Morgan fingerprint density at radius 3 is 2.31 bits per heavy atom. The van der Waals surface area contributed by atoms with Gasteiger partial charge in [-0.25, -0.2) is 0 Å². The van der Waals surface area contributed by atoms with E-state index in [1.54, 1.807) is 0 Å². The van der Waals surface area contributed by atoms with Gasteiger partial charge in [0.2, 0.25) is 0 Å². The van der Waals surface area contributed by atoms with E-state index in [9.17, 15) is 4.79 Å². The molecule has 0 N–H and O–H groups in total. The van der Waals surface area contributed by atoms with E-state index < -0.39 is 0 Å². The molecule has 1 rings (SSSR count). The van der Waals surface area contributed by atoms with Gasteiger partial charge in [0.25, 0.3) is 0 Å². The maximum atomic E-state index is 10.7. The van der Waals surface area contributed by atoms with Crippen molar-refractivity contribution in [2.75, 3.05) is 0 Å². The summed E-state index contributed by atoms with van der Waals surface area (Å²) < 4.78 is 0. The van der Waals surface area contributed by atoms with Gasteiger partial charge in [-0.1, -0.05) is 48.9 Å². The Bertz CT molecular complexity index is 261. The van der Waals surface area contributed by atoms with Crippen molar-refractivity contribution in [1.82, 2.24) is 0 Å². The van der Waals surface area contributed by atoms with Gasteiger partial charge in [0.15, 0.2) is 0 Å². The standard InChI is InChI=1S/C10H13NO.Y/c1-8(11-9(2)12)10-6-4-3-5-7-10;/h3-8H,1-2H3,(H,11,12);/p-1. The summed E-state index contributed by atoms with van der Waals surface area (Å²) in [5.41, 5.74) is 1.08. The third kappa shape index (κ3) is 4.54. The summed E-state index contributed by atoms with van der Waals surface area (Å²) in [6.45, 7) is 3.39. The number of nitrogens with zero attached hydrogens (tertiary/aromatic N) is 1. The molecule has 0 fully saturated rings. The number of hydrogen-bond donors (Lipinski definition) is 0. The molecule has 0 aliphatic carbocycles. The number of benzene rings is 1. The molecular formula is C10H12NOY-. The van der Waals surface area contributed by atoms with Crippen molar-refractivity contribution in [3.8, 4) is 0 Å². The Labute approximate surface area is 104 Å². The van der Waals surface area contributed by atoms with Crippen molar-refractivity contribution in [2.45, 2.75) is 19.9 Å². The van der Waals surface area contributed by atoms with E-state index in [0.29, 0.717) is 0 Å². The summed E-state index contributed by atoms with van der Waals surface area (Å²) in [4.78, 5) is 10.7. The maximum absolute atomic E-state index is 10.7. The summed E-state index contributed by atoms with van der Waals surface area (Å²) in [7, 11) is 0. The molecule has 0 heterocycles. The van der Waals surface area contributed by atoms with Crippen LogP contribution in [0.4, 0.5) is 0 Å². The third-order valence-electron chi connectivity index (χ3n) is 1.66. The number of carbonyl (C=O) groups is 1. The minimum Gasteiger partial charge on any atom is -0.648 e. The van der Waals surface area contributed by atoms with Crippen LogP contribution in [-0.2, 0) is 37.5 Å². The van der Waals surface area contributed by atoms with Crippen LogP contribution in [0.2, 0.25) is 0 Å². The van der Waals surface area contributed by atoms with Gasteiger partial charge in [-0.3, -0.25) is 0 Å². The minimum atomic E-state index is -0.119. The molecule has 0 aromatic heterocycles. The zero-order chi connectivity index (χ0) is 8.97. The quantitative estimate of drug-likeness (QED) is 0.794. The molecule has 1 aromatic carbocycles. The number of hydrogen-bond acceptors (Lipinski definition) is 1. The number of amides is 1. The summed E-state index contributed by atoms with van der Waals surface area (Å²) >= 11 is 0. The Morgan fingerprint density at radius 1 is 1.31 bits per heavy atom. The fourth-order valence-electron chi connectivity index (χ4n) is 1.08. The van der Waals surface area contributed by atoms with Gasteiger partial charge in [0.05, 0.1) is 0 Å². The molecule has 13 heavy (non-hydrogen) atoms.